The molecule has 0 atom stereocenters. The van der Waals surface area contributed by atoms with E-state index in [1.54, 1.807) is 17.0 Å². The van der Waals surface area contributed by atoms with E-state index in [-0.39, 0.29) is 24.7 Å². The van der Waals surface area contributed by atoms with Gasteiger partial charge in [-0.3, -0.25) is 4.79 Å². The van der Waals surface area contributed by atoms with Crippen LogP contribution in [0.1, 0.15) is 37.0 Å². The number of hydrogen-bond acceptors (Lipinski definition) is 4. The van der Waals surface area contributed by atoms with E-state index in [1.807, 2.05) is 24.3 Å². The number of likely N-dealkylation sites (tertiary alicyclic amines) is 1. The third kappa shape index (κ3) is 3.41. The Bertz CT molecular complexity index is 909. The van der Waals surface area contributed by atoms with Crippen molar-refractivity contribution in [2.45, 2.75) is 42.1 Å². The van der Waals surface area contributed by atoms with Gasteiger partial charge in [0.2, 0.25) is 5.91 Å². The smallest absolute Gasteiger partial charge is 0.233 e. The number of nitrogens with zero attached hydrogens (tertiary/aromatic N) is 1. The van der Waals surface area contributed by atoms with Crippen molar-refractivity contribution >= 4 is 27.3 Å². The molecule has 1 saturated heterocycles. The Morgan fingerprint density at radius 2 is 1.81 bits per heavy atom. The zero-order valence-electron chi connectivity index (χ0n) is 14.9. The van der Waals surface area contributed by atoms with Gasteiger partial charge in [-0.1, -0.05) is 36.6 Å². The lowest BCUT2D eigenvalue weighted by Gasteiger charge is -2.43. The minimum Gasteiger partial charge on any atom is -0.468 e. The normalized spacial score (nSPS) is 19.8. The van der Waals surface area contributed by atoms with Crippen molar-refractivity contribution < 1.29 is 17.6 Å². The molecule has 0 N–H and O–H groups in total. The highest BCUT2D eigenvalue weighted by atomic mass is 35.5. The summed E-state index contributed by atoms with van der Waals surface area (Å²) in [5.74, 6) is 0.370. The van der Waals surface area contributed by atoms with Gasteiger partial charge in [0.25, 0.3) is 0 Å². The summed E-state index contributed by atoms with van der Waals surface area (Å²) in [4.78, 5) is 15.0. The number of hydrogen-bond donors (Lipinski definition) is 0. The number of rotatable bonds is 5. The third-order valence-corrected chi connectivity index (χ3v) is 8.08. The van der Waals surface area contributed by atoms with Crippen molar-refractivity contribution in [3.8, 4) is 0 Å². The Morgan fingerprint density at radius 1 is 1.15 bits per heavy atom. The maximum atomic E-state index is 13.3. The Kier molecular flexibility index (Phi) is 4.80. The zero-order valence-corrected chi connectivity index (χ0v) is 16.5. The quantitative estimate of drug-likeness (QED) is 0.759. The van der Waals surface area contributed by atoms with Crippen LogP contribution in [0.4, 0.5) is 0 Å². The molecule has 1 amide bonds. The molecular formula is C20H22ClNO4S. The molecule has 0 bridgehead atoms. The molecule has 0 unspecified atom stereocenters. The molecule has 1 saturated carbocycles. The first-order valence-corrected chi connectivity index (χ1v) is 11.3. The van der Waals surface area contributed by atoms with Crippen molar-refractivity contribution in [1.29, 1.82) is 0 Å². The SMILES string of the molecule is O=C(N1CC(S(=O)(=O)Cc2ccco2)C1)C1(c2ccc(Cl)cc2)CCCC1. The topological polar surface area (TPSA) is 67.6 Å². The lowest BCUT2D eigenvalue weighted by Crippen LogP contribution is -2.61. The fourth-order valence-electron chi connectivity index (χ4n) is 4.22. The van der Waals surface area contributed by atoms with Crippen LogP contribution in [0.5, 0.6) is 0 Å². The van der Waals surface area contributed by atoms with Crippen LogP contribution in [-0.2, 0) is 25.8 Å². The summed E-state index contributed by atoms with van der Waals surface area (Å²) in [5, 5.41) is 0.127. The average Bonchev–Trinajstić information content (AvgIpc) is 3.25. The van der Waals surface area contributed by atoms with E-state index < -0.39 is 20.5 Å². The van der Waals surface area contributed by atoms with E-state index in [2.05, 4.69) is 0 Å². The van der Waals surface area contributed by atoms with Gasteiger partial charge in [0.05, 0.1) is 16.9 Å². The van der Waals surface area contributed by atoms with Crippen molar-refractivity contribution in [1.82, 2.24) is 4.90 Å². The number of benzene rings is 1. The first-order chi connectivity index (χ1) is 12.9. The molecule has 2 heterocycles. The molecule has 27 heavy (non-hydrogen) atoms. The lowest BCUT2D eigenvalue weighted by atomic mass is 9.77. The largest absolute Gasteiger partial charge is 0.468 e. The van der Waals surface area contributed by atoms with Crippen molar-refractivity contribution in [3.05, 3.63) is 59.0 Å². The second-order valence-corrected chi connectivity index (χ2v) is 10.2. The average molecular weight is 408 g/mol. The van der Waals surface area contributed by atoms with Crippen LogP contribution >= 0.6 is 11.6 Å². The molecule has 1 aromatic carbocycles. The minimum atomic E-state index is -3.33. The number of furan rings is 1. The summed E-state index contributed by atoms with van der Waals surface area (Å²) in [7, 11) is -3.33. The monoisotopic (exact) mass is 407 g/mol. The highest BCUT2D eigenvalue weighted by molar-refractivity contribution is 7.91. The molecule has 7 heteroatoms. The molecule has 4 rings (SSSR count). The first-order valence-electron chi connectivity index (χ1n) is 9.20. The summed E-state index contributed by atoms with van der Waals surface area (Å²) in [6.07, 6.45) is 5.07. The van der Waals surface area contributed by atoms with Gasteiger partial charge in [-0.25, -0.2) is 8.42 Å². The molecule has 144 valence electrons. The zero-order chi connectivity index (χ0) is 19.1. The minimum absolute atomic E-state index is 0.0479. The maximum Gasteiger partial charge on any atom is 0.233 e. The number of carbonyl (C=O) groups excluding carboxylic acids is 1. The van der Waals surface area contributed by atoms with Crippen LogP contribution in [0.3, 0.4) is 0 Å². The van der Waals surface area contributed by atoms with Gasteiger partial charge in [0.15, 0.2) is 9.84 Å². The van der Waals surface area contributed by atoms with Crippen molar-refractivity contribution in [2.24, 2.45) is 0 Å². The second kappa shape index (κ2) is 6.99. The molecule has 5 nitrogen and oxygen atoms in total. The molecular weight excluding hydrogens is 386 g/mol. The third-order valence-electron chi connectivity index (χ3n) is 5.83. The van der Waals surface area contributed by atoms with Crippen molar-refractivity contribution in [3.63, 3.8) is 0 Å². The van der Waals surface area contributed by atoms with Gasteiger partial charge in [-0.05, 0) is 42.7 Å². The second-order valence-electron chi connectivity index (χ2n) is 7.51. The highest BCUT2D eigenvalue weighted by Gasteiger charge is 2.49. The van der Waals surface area contributed by atoms with Crippen LogP contribution < -0.4 is 0 Å². The van der Waals surface area contributed by atoms with E-state index in [9.17, 15) is 13.2 Å². The highest BCUT2D eigenvalue weighted by Crippen LogP contribution is 2.44. The molecule has 1 aliphatic heterocycles. The van der Waals surface area contributed by atoms with Crippen LogP contribution in [0.2, 0.25) is 5.02 Å². The van der Waals surface area contributed by atoms with E-state index in [4.69, 9.17) is 16.0 Å². The number of halogens is 1. The van der Waals surface area contributed by atoms with E-state index in [0.717, 1.165) is 31.2 Å². The molecule has 0 radical (unpaired) electrons. The summed E-state index contributed by atoms with van der Waals surface area (Å²) in [6.45, 7) is 0.522. The molecule has 2 fully saturated rings. The Morgan fingerprint density at radius 3 is 2.41 bits per heavy atom. The predicted octanol–water partition coefficient (Wildman–Crippen LogP) is 3.57. The summed E-state index contributed by atoms with van der Waals surface area (Å²) >= 11 is 6.00. The van der Waals surface area contributed by atoms with Gasteiger partial charge in [0, 0.05) is 18.1 Å². The fourth-order valence-corrected chi connectivity index (χ4v) is 5.95. The summed E-state index contributed by atoms with van der Waals surface area (Å²) in [5.41, 5.74) is 0.441. The fraction of sp³-hybridized carbons (Fsp3) is 0.450. The van der Waals surface area contributed by atoms with Crippen LogP contribution in [0.15, 0.2) is 47.1 Å². The van der Waals surface area contributed by atoms with E-state index in [1.165, 1.54) is 6.26 Å². The molecule has 0 spiro atoms. The molecule has 2 aliphatic rings. The summed E-state index contributed by atoms with van der Waals surface area (Å²) in [6, 6.07) is 10.8. The van der Waals surface area contributed by atoms with Crippen molar-refractivity contribution in [2.75, 3.05) is 13.1 Å². The molecule has 1 aliphatic carbocycles. The Hall–Kier alpha value is -1.79. The van der Waals surface area contributed by atoms with Crippen LogP contribution in [-0.4, -0.2) is 37.6 Å². The maximum absolute atomic E-state index is 13.3. The molecule has 2 aromatic rings. The number of sulfone groups is 1. The first kappa shape index (κ1) is 18.6. The Labute approximate surface area is 164 Å². The van der Waals surface area contributed by atoms with Gasteiger partial charge >= 0.3 is 0 Å². The number of carbonyl (C=O) groups is 1. The van der Waals surface area contributed by atoms with Crippen LogP contribution in [0, 0.1) is 0 Å². The Balaban J connectivity index is 1.48. The van der Waals surface area contributed by atoms with Gasteiger partial charge in [-0.15, -0.1) is 0 Å². The number of amides is 1. The molecule has 1 aromatic heterocycles. The van der Waals surface area contributed by atoms with Gasteiger partial charge < -0.3 is 9.32 Å². The van der Waals surface area contributed by atoms with Crippen LogP contribution in [0.25, 0.3) is 0 Å². The van der Waals surface area contributed by atoms with E-state index in [0.29, 0.717) is 10.8 Å². The standard InChI is InChI=1S/C20H22ClNO4S/c21-16-7-5-15(6-8-16)20(9-1-2-10-20)19(23)22-12-18(13-22)27(24,25)14-17-4-3-11-26-17/h3-8,11,18H,1-2,9-10,12-14H2. The van der Waals surface area contributed by atoms with Gasteiger partial charge in [0.1, 0.15) is 11.5 Å². The summed E-state index contributed by atoms with van der Waals surface area (Å²) < 4.78 is 30.2. The van der Waals surface area contributed by atoms with Gasteiger partial charge in [-0.2, -0.15) is 0 Å². The van der Waals surface area contributed by atoms with E-state index >= 15 is 0 Å². The lowest BCUT2D eigenvalue weighted by molar-refractivity contribution is -0.140. The predicted molar refractivity (Wildman–Crippen MR) is 103 cm³/mol.